The molecule has 2 aromatic carbocycles. The number of hydrogen-bond acceptors (Lipinski definition) is 6. The predicted octanol–water partition coefficient (Wildman–Crippen LogP) is 1.22. The van der Waals surface area contributed by atoms with E-state index in [9.17, 15) is 23.1 Å². The van der Waals surface area contributed by atoms with Crippen molar-refractivity contribution in [2.45, 2.75) is 29.9 Å². The molecule has 32 heavy (non-hydrogen) atoms. The molecule has 2 aromatic rings. The highest BCUT2D eigenvalue weighted by Gasteiger charge is 2.30. The number of likely N-dealkylation sites (tertiary alicyclic amines) is 1. The SMILES string of the molecule is CN(C(=O)Cc1ccc2c(c1)NC(=O)CS2(=O)=O)[C@@H](CN1CCC(O)C1)c1ccccc1. The zero-order valence-corrected chi connectivity index (χ0v) is 18.7. The number of carbonyl (C=O) groups excluding carboxylic acids is 2. The standard InChI is InChI=1S/C23H27N3O5S/c1-25(20(17-5-3-2-4-6-17)14-26-10-9-18(27)13-26)23(29)12-16-7-8-21-19(11-16)24-22(28)15-32(21,30)31/h2-8,11,18,20,27H,9-10,12-15H2,1H3,(H,24,28)/t18?,20-/m0/s1. The number of hydrogen-bond donors (Lipinski definition) is 2. The molecule has 2 atom stereocenters. The third-order valence-electron chi connectivity index (χ3n) is 6.05. The van der Waals surface area contributed by atoms with Crippen molar-refractivity contribution >= 4 is 27.3 Å². The molecular formula is C23H27N3O5S. The summed E-state index contributed by atoms with van der Waals surface area (Å²) in [4.78, 5) is 28.8. The average Bonchev–Trinajstić information content (AvgIpc) is 3.16. The third kappa shape index (κ3) is 4.85. The van der Waals surface area contributed by atoms with E-state index in [1.54, 1.807) is 24.1 Å². The molecule has 2 heterocycles. The van der Waals surface area contributed by atoms with Gasteiger partial charge in [0.2, 0.25) is 11.8 Å². The van der Waals surface area contributed by atoms with Gasteiger partial charge in [-0.2, -0.15) is 0 Å². The van der Waals surface area contributed by atoms with Crippen LogP contribution in [0.4, 0.5) is 5.69 Å². The van der Waals surface area contributed by atoms with Gasteiger partial charge in [-0.15, -0.1) is 0 Å². The Balaban J connectivity index is 1.53. The molecule has 4 rings (SSSR count). The average molecular weight is 458 g/mol. The Hall–Kier alpha value is -2.75. The number of nitrogens with zero attached hydrogens (tertiary/aromatic N) is 2. The summed E-state index contributed by atoms with van der Waals surface area (Å²) in [5.41, 5.74) is 1.86. The first-order valence-corrected chi connectivity index (χ1v) is 12.2. The fraction of sp³-hybridized carbons (Fsp3) is 0.391. The number of amides is 2. The summed E-state index contributed by atoms with van der Waals surface area (Å²) < 4.78 is 24.4. The molecule has 0 spiro atoms. The van der Waals surface area contributed by atoms with Gasteiger partial charge in [-0.25, -0.2) is 8.42 Å². The van der Waals surface area contributed by atoms with Crippen molar-refractivity contribution in [2.75, 3.05) is 37.8 Å². The van der Waals surface area contributed by atoms with Gasteiger partial charge < -0.3 is 15.3 Å². The second kappa shape index (κ2) is 9.01. The minimum Gasteiger partial charge on any atom is -0.392 e. The molecule has 2 aliphatic rings. The van der Waals surface area contributed by atoms with E-state index in [-0.39, 0.29) is 35.1 Å². The maximum atomic E-state index is 13.2. The highest BCUT2D eigenvalue weighted by atomic mass is 32.2. The lowest BCUT2D eigenvalue weighted by Crippen LogP contribution is -2.39. The van der Waals surface area contributed by atoms with Gasteiger partial charge >= 0.3 is 0 Å². The van der Waals surface area contributed by atoms with Crippen molar-refractivity contribution in [1.29, 1.82) is 0 Å². The zero-order chi connectivity index (χ0) is 22.9. The van der Waals surface area contributed by atoms with Gasteiger partial charge in [0.25, 0.3) is 0 Å². The van der Waals surface area contributed by atoms with E-state index < -0.39 is 21.5 Å². The van der Waals surface area contributed by atoms with Crippen molar-refractivity contribution in [3.8, 4) is 0 Å². The largest absolute Gasteiger partial charge is 0.392 e. The van der Waals surface area contributed by atoms with Gasteiger partial charge in [0.05, 0.1) is 29.1 Å². The van der Waals surface area contributed by atoms with Crippen LogP contribution in [0.5, 0.6) is 0 Å². The maximum absolute atomic E-state index is 13.2. The molecule has 170 valence electrons. The van der Waals surface area contributed by atoms with E-state index in [1.165, 1.54) is 6.07 Å². The van der Waals surface area contributed by atoms with Crippen LogP contribution < -0.4 is 5.32 Å². The Kier molecular flexibility index (Phi) is 6.32. The fourth-order valence-corrected chi connectivity index (χ4v) is 5.61. The Morgan fingerprint density at radius 1 is 1.25 bits per heavy atom. The van der Waals surface area contributed by atoms with Gasteiger partial charge in [0.15, 0.2) is 9.84 Å². The van der Waals surface area contributed by atoms with Crippen LogP contribution in [0.3, 0.4) is 0 Å². The first-order valence-electron chi connectivity index (χ1n) is 10.6. The summed E-state index contributed by atoms with van der Waals surface area (Å²) in [6.07, 6.45) is 0.462. The minimum atomic E-state index is -3.65. The summed E-state index contributed by atoms with van der Waals surface area (Å²) in [6.45, 7) is 1.98. The molecule has 2 N–H and O–H groups in total. The van der Waals surface area contributed by atoms with Crippen LogP contribution in [-0.2, 0) is 25.8 Å². The van der Waals surface area contributed by atoms with Crippen molar-refractivity contribution in [3.05, 3.63) is 59.7 Å². The number of nitrogens with one attached hydrogen (secondary N) is 1. The minimum absolute atomic E-state index is 0.0751. The molecule has 2 amide bonds. The van der Waals surface area contributed by atoms with E-state index in [1.807, 2.05) is 30.3 Å². The van der Waals surface area contributed by atoms with Crippen LogP contribution in [0, 0.1) is 0 Å². The van der Waals surface area contributed by atoms with E-state index in [2.05, 4.69) is 10.2 Å². The molecule has 2 aliphatic heterocycles. The highest BCUT2D eigenvalue weighted by molar-refractivity contribution is 7.92. The first kappa shape index (κ1) is 22.4. The Labute approximate surface area is 187 Å². The van der Waals surface area contributed by atoms with E-state index >= 15 is 0 Å². The molecule has 1 unspecified atom stereocenters. The molecule has 1 saturated heterocycles. The molecule has 0 bridgehead atoms. The van der Waals surface area contributed by atoms with Crippen LogP contribution in [0.15, 0.2) is 53.4 Å². The van der Waals surface area contributed by atoms with Crippen LogP contribution in [-0.4, -0.2) is 73.7 Å². The number of fused-ring (bicyclic) bond motifs is 1. The summed E-state index contributed by atoms with van der Waals surface area (Å²) >= 11 is 0. The number of β-amino-alcohol motifs (C(OH)–C–C–N with tert-alkyl or cyclic N) is 1. The van der Waals surface area contributed by atoms with Crippen molar-refractivity contribution in [2.24, 2.45) is 0 Å². The van der Waals surface area contributed by atoms with Crippen molar-refractivity contribution in [1.82, 2.24) is 9.80 Å². The number of aliphatic hydroxyl groups is 1. The molecule has 1 fully saturated rings. The number of rotatable bonds is 6. The molecule has 9 heteroatoms. The number of aliphatic hydroxyl groups excluding tert-OH is 1. The number of benzene rings is 2. The van der Waals surface area contributed by atoms with E-state index in [0.29, 0.717) is 18.7 Å². The van der Waals surface area contributed by atoms with Gasteiger partial charge in [-0.3, -0.25) is 14.5 Å². The van der Waals surface area contributed by atoms with Gasteiger partial charge in [-0.1, -0.05) is 36.4 Å². The Bertz CT molecular complexity index is 1120. The lowest BCUT2D eigenvalue weighted by atomic mass is 10.0. The van der Waals surface area contributed by atoms with Crippen LogP contribution in [0.25, 0.3) is 0 Å². The zero-order valence-electron chi connectivity index (χ0n) is 17.9. The molecule has 0 saturated carbocycles. The van der Waals surface area contributed by atoms with E-state index in [4.69, 9.17) is 0 Å². The molecule has 0 radical (unpaired) electrons. The first-order chi connectivity index (χ1) is 15.2. The molecule has 8 nitrogen and oxygen atoms in total. The number of carbonyl (C=O) groups is 2. The monoisotopic (exact) mass is 457 g/mol. The maximum Gasteiger partial charge on any atom is 0.239 e. The Morgan fingerprint density at radius 2 is 2.00 bits per heavy atom. The van der Waals surface area contributed by atoms with Gasteiger partial charge in [0.1, 0.15) is 5.75 Å². The number of sulfone groups is 1. The van der Waals surface area contributed by atoms with E-state index in [0.717, 1.165) is 18.5 Å². The fourth-order valence-electron chi connectivity index (χ4n) is 4.32. The summed E-state index contributed by atoms with van der Waals surface area (Å²) in [5.74, 6) is -1.26. The molecule has 0 aliphatic carbocycles. The summed E-state index contributed by atoms with van der Waals surface area (Å²) in [7, 11) is -1.89. The molecular weight excluding hydrogens is 430 g/mol. The number of likely N-dealkylation sites (N-methyl/N-ethyl adjacent to an activating group) is 1. The van der Waals surface area contributed by atoms with Crippen molar-refractivity contribution in [3.63, 3.8) is 0 Å². The highest BCUT2D eigenvalue weighted by Crippen LogP contribution is 2.29. The van der Waals surface area contributed by atoms with Gasteiger partial charge in [0, 0.05) is 26.7 Å². The smallest absolute Gasteiger partial charge is 0.239 e. The van der Waals surface area contributed by atoms with Crippen LogP contribution >= 0.6 is 0 Å². The van der Waals surface area contributed by atoms with Crippen molar-refractivity contribution < 1.29 is 23.1 Å². The normalized spacial score (nSPS) is 20.9. The molecule has 0 aromatic heterocycles. The topological polar surface area (TPSA) is 107 Å². The predicted molar refractivity (Wildman–Crippen MR) is 120 cm³/mol. The van der Waals surface area contributed by atoms with Gasteiger partial charge in [-0.05, 0) is 29.7 Å². The second-order valence-electron chi connectivity index (χ2n) is 8.45. The van der Waals surface area contributed by atoms with Crippen LogP contribution in [0.1, 0.15) is 23.6 Å². The second-order valence-corrected chi connectivity index (χ2v) is 10.4. The summed E-state index contributed by atoms with van der Waals surface area (Å²) in [6, 6.07) is 14.2. The summed E-state index contributed by atoms with van der Waals surface area (Å²) in [5, 5.41) is 12.5. The quantitative estimate of drug-likeness (QED) is 0.676. The number of anilines is 1. The lowest BCUT2D eigenvalue weighted by molar-refractivity contribution is -0.131. The Morgan fingerprint density at radius 3 is 2.69 bits per heavy atom. The van der Waals surface area contributed by atoms with Crippen LogP contribution in [0.2, 0.25) is 0 Å². The lowest BCUT2D eigenvalue weighted by Gasteiger charge is -2.32. The third-order valence-corrected chi connectivity index (χ3v) is 7.72.